The molecule has 3 atom stereocenters. The van der Waals surface area contributed by atoms with Crippen LogP contribution in [-0.4, -0.2) is 0 Å². The van der Waals surface area contributed by atoms with Gasteiger partial charge in [0.15, 0.2) is 0 Å². The van der Waals surface area contributed by atoms with Crippen LogP contribution in [0.15, 0.2) is 160 Å². The van der Waals surface area contributed by atoms with Gasteiger partial charge in [0.2, 0.25) is 0 Å². The van der Waals surface area contributed by atoms with E-state index in [1.54, 1.807) is 39.0 Å². The van der Waals surface area contributed by atoms with Crippen LogP contribution in [0, 0.1) is 23.7 Å². The Morgan fingerprint density at radius 1 is 0.667 bits per heavy atom. The number of hydrogen-bond acceptors (Lipinski definition) is 0. The van der Waals surface area contributed by atoms with Crippen molar-refractivity contribution in [1.82, 2.24) is 0 Å². The molecule has 2 aromatic rings. The number of fused-ring (bicyclic) bond motifs is 4. The van der Waals surface area contributed by atoms with Gasteiger partial charge >= 0.3 is 0 Å². The van der Waals surface area contributed by atoms with Crippen LogP contribution in [0.2, 0.25) is 0 Å². The maximum absolute atomic E-state index is 2.67. The Labute approximate surface area is 325 Å². The maximum atomic E-state index is 2.67. The van der Waals surface area contributed by atoms with Crippen LogP contribution in [-0.2, 0) is 5.41 Å². The van der Waals surface area contributed by atoms with Crippen molar-refractivity contribution in [3.8, 4) is 11.1 Å². The van der Waals surface area contributed by atoms with Gasteiger partial charge in [-0.3, -0.25) is 0 Å². The predicted molar refractivity (Wildman–Crippen MR) is 232 cm³/mol. The van der Waals surface area contributed by atoms with Gasteiger partial charge in [-0.1, -0.05) is 143 Å². The first-order chi connectivity index (χ1) is 26.6. The highest BCUT2D eigenvalue weighted by Gasteiger charge is 2.44. The van der Waals surface area contributed by atoms with Gasteiger partial charge < -0.3 is 0 Å². The van der Waals surface area contributed by atoms with E-state index in [9.17, 15) is 0 Å². The summed E-state index contributed by atoms with van der Waals surface area (Å²) in [5.74, 6) is 2.15. The molecular weight excluding hydrogens is 649 g/mol. The minimum atomic E-state index is 0.0546. The van der Waals surface area contributed by atoms with Crippen LogP contribution in [0.5, 0.6) is 0 Å². The molecule has 274 valence electrons. The summed E-state index contributed by atoms with van der Waals surface area (Å²) >= 11 is 0. The van der Waals surface area contributed by atoms with Crippen LogP contribution in [0.1, 0.15) is 115 Å². The molecular formula is C54H58. The quantitative estimate of drug-likeness (QED) is 0.244. The van der Waals surface area contributed by atoms with Gasteiger partial charge in [-0.15, -0.1) is 0 Å². The minimum Gasteiger partial charge on any atom is -0.0842 e. The van der Waals surface area contributed by atoms with Gasteiger partial charge in [-0.05, 0) is 167 Å². The summed E-state index contributed by atoms with van der Waals surface area (Å²) in [6, 6.07) is 17.0. The molecule has 0 heteroatoms. The van der Waals surface area contributed by atoms with E-state index < -0.39 is 0 Å². The molecule has 0 saturated carbocycles. The van der Waals surface area contributed by atoms with Crippen molar-refractivity contribution < 1.29 is 0 Å². The molecule has 0 nitrogen and oxygen atoms in total. The first kappa shape index (κ1) is 35.3. The number of rotatable bonds is 9. The van der Waals surface area contributed by atoms with Crippen molar-refractivity contribution in [3.05, 3.63) is 177 Å². The largest absolute Gasteiger partial charge is 0.0842 e. The van der Waals surface area contributed by atoms with Gasteiger partial charge in [-0.25, -0.2) is 0 Å². The highest BCUT2D eigenvalue weighted by atomic mass is 14.5. The molecule has 54 heavy (non-hydrogen) atoms. The average molecular weight is 707 g/mol. The zero-order valence-corrected chi connectivity index (χ0v) is 33.1. The third-order valence-electron chi connectivity index (χ3n) is 14.5. The molecule has 0 N–H and O–H groups in total. The Hall–Kier alpha value is -4.42. The Morgan fingerprint density at radius 2 is 1.37 bits per heavy atom. The number of hydrogen-bond donors (Lipinski definition) is 0. The molecule has 3 unspecified atom stereocenters. The summed E-state index contributed by atoms with van der Waals surface area (Å²) in [5.41, 5.74) is 21.3. The topological polar surface area (TPSA) is 0 Å². The molecule has 2 aromatic carbocycles. The van der Waals surface area contributed by atoms with Crippen molar-refractivity contribution >= 4 is 11.1 Å². The molecule has 0 spiro atoms. The second kappa shape index (κ2) is 14.7. The highest BCUT2D eigenvalue weighted by molar-refractivity contribution is 5.87. The van der Waals surface area contributed by atoms with E-state index in [1.165, 1.54) is 71.1 Å². The number of benzene rings is 2. The minimum absolute atomic E-state index is 0.0546. The van der Waals surface area contributed by atoms with Crippen molar-refractivity contribution in [2.45, 2.75) is 104 Å². The molecule has 0 aromatic heterocycles. The van der Waals surface area contributed by atoms with Crippen molar-refractivity contribution in [1.29, 1.82) is 0 Å². The zero-order valence-electron chi connectivity index (χ0n) is 33.1. The zero-order chi connectivity index (χ0) is 36.8. The Kier molecular flexibility index (Phi) is 9.59. The van der Waals surface area contributed by atoms with Crippen molar-refractivity contribution in [3.63, 3.8) is 0 Å². The summed E-state index contributed by atoms with van der Waals surface area (Å²) in [7, 11) is 0. The third kappa shape index (κ3) is 5.87. The van der Waals surface area contributed by atoms with E-state index in [-0.39, 0.29) is 5.41 Å². The third-order valence-corrected chi connectivity index (χ3v) is 14.5. The molecule has 7 aliphatic rings. The molecule has 0 heterocycles. The smallest absolute Gasteiger partial charge is 0.0207 e. The van der Waals surface area contributed by atoms with Crippen molar-refractivity contribution in [2.24, 2.45) is 23.7 Å². The highest BCUT2D eigenvalue weighted by Crippen LogP contribution is 2.57. The lowest BCUT2D eigenvalue weighted by Crippen LogP contribution is -2.26. The van der Waals surface area contributed by atoms with E-state index in [0.717, 1.165) is 38.5 Å². The average Bonchev–Trinajstić information content (AvgIpc) is 3.52. The molecule has 0 amide bonds. The Morgan fingerprint density at radius 3 is 2.11 bits per heavy atom. The fourth-order valence-corrected chi connectivity index (χ4v) is 11.4. The van der Waals surface area contributed by atoms with Gasteiger partial charge in [0.1, 0.15) is 0 Å². The molecule has 0 aliphatic heterocycles. The summed E-state index contributed by atoms with van der Waals surface area (Å²) in [4.78, 5) is 0. The molecule has 7 aliphatic carbocycles. The summed E-state index contributed by atoms with van der Waals surface area (Å²) < 4.78 is 0. The molecule has 9 rings (SSSR count). The number of allylic oxidation sites excluding steroid dienone is 22. The normalized spacial score (nSPS) is 25.1. The fourth-order valence-electron chi connectivity index (χ4n) is 11.4. The fraction of sp³-hybridized carbons (Fsp3) is 0.370. The second-order valence-electron chi connectivity index (χ2n) is 16.9. The lowest BCUT2D eigenvalue weighted by atomic mass is 9.66. The lowest BCUT2D eigenvalue weighted by Gasteiger charge is -2.37. The SMILES string of the molecule is CCC(CC)C1=C(c2ccc(-c3ccc4c(c3)C(CC)(CC)C3=C4CCC(C4=CC=C(C5=CC=C6C=CCCC6C5)C5C=CC=CC45)=C3)cc2)CCC=C1. The summed E-state index contributed by atoms with van der Waals surface area (Å²) in [6.07, 6.45) is 44.5. The van der Waals surface area contributed by atoms with Crippen LogP contribution in [0.25, 0.3) is 22.3 Å². The summed E-state index contributed by atoms with van der Waals surface area (Å²) in [5, 5.41) is 0. The van der Waals surface area contributed by atoms with Gasteiger partial charge in [0.05, 0.1) is 0 Å². The van der Waals surface area contributed by atoms with E-state index >= 15 is 0 Å². The first-order valence-electron chi connectivity index (χ1n) is 21.5. The molecule has 0 radical (unpaired) electrons. The Bertz CT molecular complexity index is 2180. The summed E-state index contributed by atoms with van der Waals surface area (Å²) in [6.45, 7) is 9.53. The van der Waals surface area contributed by atoms with E-state index in [0.29, 0.717) is 23.7 Å². The van der Waals surface area contributed by atoms with Gasteiger partial charge in [0.25, 0.3) is 0 Å². The monoisotopic (exact) mass is 706 g/mol. The van der Waals surface area contributed by atoms with Crippen molar-refractivity contribution in [2.75, 3.05) is 0 Å². The predicted octanol–water partition coefficient (Wildman–Crippen LogP) is 14.9. The lowest BCUT2D eigenvalue weighted by molar-refractivity contribution is 0.484. The Balaban J connectivity index is 1.04. The van der Waals surface area contributed by atoms with Gasteiger partial charge in [-0.2, -0.15) is 0 Å². The first-order valence-corrected chi connectivity index (χ1v) is 21.5. The van der Waals surface area contributed by atoms with E-state index in [2.05, 4.69) is 149 Å². The molecule has 0 fully saturated rings. The van der Waals surface area contributed by atoms with Crippen LogP contribution >= 0.6 is 0 Å². The van der Waals surface area contributed by atoms with Gasteiger partial charge in [0, 0.05) is 17.3 Å². The van der Waals surface area contributed by atoms with Crippen LogP contribution in [0.3, 0.4) is 0 Å². The van der Waals surface area contributed by atoms with E-state index in [1.807, 2.05) is 0 Å². The standard InChI is InChI=1S/C54H58/c1-5-36(6-2)44-17-11-12-18-45(44)39-24-21-38(22-25-39)41-27-29-50-51-30-28-43(35-53(51)54(7-3,8-4)52(50)34-41)47-32-31-46(48-19-13-14-20-49(47)48)42-26-23-37-15-9-10-16-40(37)33-42/h9,11,13-15,17,19-27,29,31-32,34-36,40,48-49H,5-8,10,12,16,18,28,30,33H2,1-4H3. The molecule has 0 saturated heterocycles. The van der Waals surface area contributed by atoms with Crippen LogP contribution in [0.4, 0.5) is 0 Å². The van der Waals surface area contributed by atoms with Crippen LogP contribution < -0.4 is 0 Å². The molecule has 0 bridgehead atoms. The second-order valence-corrected chi connectivity index (χ2v) is 16.9. The maximum Gasteiger partial charge on any atom is 0.0207 e. The van der Waals surface area contributed by atoms with E-state index in [4.69, 9.17) is 0 Å².